The van der Waals surface area contributed by atoms with Gasteiger partial charge in [0.15, 0.2) is 17.7 Å². The summed E-state index contributed by atoms with van der Waals surface area (Å²) in [7, 11) is 0. The molecule has 0 spiro atoms. The van der Waals surface area contributed by atoms with Crippen LogP contribution in [0.1, 0.15) is 124 Å². The SMILES string of the molecule is CCCCCCCCCCCCCCCCCC(=O)OC(C(C)=O)C(O)C(O)C(C)=O. The maximum absolute atomic E-state index is 11.9. The molecule has 0 aliphatic heterocycles. The molecule has 3 unspecified atom stereocenters. The van der Waals surface area contributed by atoms with Crippen molar-refractivity contribution in [2.75, 3.05) is 0 Å². The standard InChI is InChI=1S/C25H46O6/c1-4-5-6-7-8-9-10-11-12-13-14-15-16-17-18-19-22(28)31-25(21(3)27)24(30)23(29)20(2)26/h23-25,29-30H,4-19H2,1-3H3. The van der Waals surface area contributed by atoms with Gasteiger partial charge in [0.05, 0.1) is 0 Å². The Morgan fingerprint density at radius 2 is 1.03 bits per heavy atom. The molecular weight excluding hydrogens is 396 g/mol. The third kappa shape index (κ3) is 16.1. The van der Waals surface area contributed by atoms with Crippen molar-refractivity contribution >= 4 is 17.5 Å². The highest BCUT2D eigenvalue weighted by Crippen LogP contribution is 2.14. The molecule has 0 bridgehead atoms. The van der Waals surface area contributed by atoms with Gasteiger partial charge in [0.25, 0.3) is 0 Å². The first-order valence-corrected chi connectivity index (χ1v) is 12.4. The van der Waals surface area contributed by atoms with Gasteiger partial charge in [0.1, 0.15) is 12.2 Å². The number of esters is 1. The van der Waals surface area contributed by atoms with E-state index < -0.39 is 35.8 Å². The predicted molar refractivity (Wildman–Crippen MR) is 123 cm³/mol. The summed E-state index contributed by atoms with van der Waals surface area (Å²) in [5.41, 5.74) is 0. The van der Waals surface area contributed by atoms with Crippen LogP contribution in [0.2, 0.25) is 0 Å². The summed E-state index contributed by atoms with van der Waals surface area (Å²) in [6, 6.07) is 0. The first-order chi connectivity index (χ1) is 14.8. The number of aliphatic hydroxyl groups is 2. The van der Waals surface area contributed by atoms with E-state index in [1.807, 2.05) is 0 Å². The number of ether oxygens (including phenoxy) is 1. The molecule has 0 aromatic rings. The maximum atomic E-state index is 11.9. The van der Waals surface area contributed by atoms with Crippen LogP contribution in [0.25, 0.3) is 0 Å². The molecule has 182 valence electrons. The molecule has 3 atom stereocenters. The van der Waals surface area contributed by atoms with Gasteiger partial charge in [-0.25, -0.2) is 0 Å². The summed E-state index contributed by atoms with van der Waals surface area (Å²) in [4.78, 5) is 34.7. The molecule has 0 radical (unpaired) electrons. The molecule has 0 fully saturated rings. The Hall–Kier alpha value is -1.27. The number of ketones is 2. The van der Waals surface area contributed by atoms with Gasteiger partial charge in [0.2, 0.25) is 0 Å². The highest BCUT2D eigenvalue weighted by atomic mass is 16.6. The van der Waals surface area contributed by atoms with Crippen LogP contribution in [0.4, 0.5) is 0 Å². The largest absolute Gasteiger partial charge is 0.451 e. The van der Waals surface area contributed by atoms with Crippen molar-refractivity contribution in [1.82, 2.24) is 0 Å². The van der Waals surface area contributed by atoms with Gasteiger partial charge in [-0.2, -0.15) is 0 Å². The lowest BCUT2D eigenvalue weighted by molar-refractivity contribution is -0.168. The Kier molecular flexibility index (Phi) is 18.6. The summed E-state index contributed by atoms with van der Waals surface area (Å²) >= 11 is 0. The van der Waals surface area contributed by atoms with Gasteiger partial charge in [0, 0.05) is 6.42 Å². The smallest absolute Gasteiger partial charge is 0.306 e. The second-order valence-corrected chi connectivity index (χ2v) is 8.77. The summed E-state index contributed by atoms with van der Waals surface area (Å²) in [6.45, 7) is 4.50. The third-order valence-corrected chi connectivity index (χ3v) is 5.69. The summed E-state index contributed by atoms with van der Waals surface area (Å²) < 4.78 is 5.01. The van der Waals surface area contributed by atoms with Crippen LogP contribution in [0.3, 0.4) is 0 Å². The zero-order valence-corrected chi connectivity index (χ0v) is 20.1. The fourth-order valence-electron chi connectivity index (χ4n) is 3.64. The van der Waals surface area contributed by atoms with Crippen LogP contribution < -0.4 is 0 Å². The van der Waals surface area contributed by atoms with Crippen LogP contribution >= 0.6 is 0 Å². The molecule has 0 rings (SSSR count). The molecule has 0 amide bonds. The molecule has 0 saturated heterocycles. The van der Waals surface area contributed by atoms with Gasteiger partial charge >= 0.3 is 5.97 Å². The zero-order valence-electron chi connectivity index (χ0n) is 20.1. The number of carbonyl (C=O) groups excluding carboxylic acids is 3. The molecule has 0 aromatic heterocycles. The average molecular weight is 443 g/mol. The van der Waals surface area contributed by atoms with E-state index in [4.69, 9.17) is 4.74 Å². The Morgan fingerprint density at radius 3 is 1.39 bits per heavy atom. The molecule has 31 heavy (non-hydrogen) atoms. The Bertz CT molecular complexity index is 490. The van der Waals surface area contributed by atoms with E-state index in [0.717, 1.165) is 33.1 Å². The third-order valence-electron chi connectivity index (χ3n) is 5.69. The molecular formula is C25H46O6. The highest BCUT2D eigenvalue weighted by molar-refractivity contribution is 5.87. The van der Waals surface area contributed by atoms with Gasteiger partial charge in [-0.05, 0) is 20.3 Å². The summed E-state index contributed by atoms with van der Waals surface area (Å²) in [5.74, 6) is -1.88. The lowest BCUT2D eigenvalue weighted by Gasteiger charge is -2.23. The first-order valence-electron chi connectivity index (χ1n) is 12.4. The van der Waals surface area contributed by atoms with Crippen LogP contribution in [0.15, 0.2) is 0 Å². The quantitative estimate of drug-likeness (QED) is 0.190. The molecule has 0 aromatic carbocycles. The first kappa shape index (κ1) is 29.7. The number of rotatable bonds is 21. The van der Waals surface area contributed by atoms with Crippen molar-refractivity contribution in [3.63, 3.8) is 0 Å². The molecule has 0 heterocycles. The van der Waals surface area contributed by atoms with Gasteiger partial charge < -0.3 is 14.9 Å². The number of unbranched alkanes of at least 4 members (excludes halogenated alkanes) is 14. The van der Waals surface area contributed by atoms with Gasteiger partial charge in [-0.15, -0.1) is 0 Å². The minimum atomic E-state index is -1.74. The number of Topliss-reactive ketones (excluding diaryl/α,β-unsaturated/α-hetero) is 2. The van der Waals surface area contributed by atoms with Gasteiger partial charge in [-0.1, -0.05) is 96.8 Å². The normalized spacial score (nSPS) is 14.1. The summed E-state index contributed by atoms with van der Waals surface area (Å²) in [6.07, 6.45) is 13.7. The van der Waals surface area contributed by atoms with E-state index in [2.05, 4.69) is 6.92 Å². The van der Waals surface area contributed by atoms with Crippen LogP contribution in [-0.4, -0.2) is 46.1 Å². The van der Waals surface area contributed by atoms with E-state index in [0.29, 0.717) is 6.42 Å². The maximum Gasteiger partial charge on any atom is 0.306 e. The molecule has 6 nitrogen and oxygen atoms in total. The van der Waals surface area contributed by atoms with E-state index in [1.165, 1.54) is 70.6 Å². The van der Waals surface area contributed by atoms with Crippen molar-refractivity contribution in [2.24, 2.45) is 0 Å². The second kappa shape index (κ2) is 19.4. The van der Waals surface area contributed by atoms with E-state index >= 15 is 0 Å². The van der Waals surface area contributed by atoms with Gasteiger partial charge in [-0.3, -0.25) is 14.4 Å². The monoisotopic (exact) mass is 442 g/mol. The predicted octanol–water partition coefficient (Wildman–Crippen LogP) is 5.06. The molecule has 0 saturated carbocycles. The van der Waals surface area contributed by atoms with Crippen LogP contribution in [-0.2, 0) is 19.1 Å². The van der Waals surface area contributed by atoms with Crippen molar-refractivity contribution in [3.8, 4) is 0 Å². The fourth-order valence-corrected chi connectivity index (χ4v) is 3.64. The Balaban J connectivity index is 3.68. The summed E-state index contributed by atoms with van der Waals surface area (Å²) in [5, 5.41) is 19.5. The van der Waals surface area contributed by atoms with Crippen molar-refractivity contribution in [3.05, 3.63) is 0 Å². The number of hydrogen-bond donors (Lipinski definition) is 2. The van der Waals surface area contributed by atoms with E-state index in [9.17, 15) is 24.6 Å². The average Bonchev–Trinajstić information content (AvgIpc) is 2.73. The Morgan fingerprint density at radius 1 is 0.645 bits per heavy atom. The topological polar surface area (TPSA) is 101 Å². The number of carbonyl (C=O) groups is 3. The van der Waals surface area contributed by atoms with E-state index in [1.54, 1.807) is 0 Å². The van der Waals surface area contributed by atoms with Crippen molar-refractivity contribution in [2.45, 2.75) is 142 Å². The number of aliphatic hydroxyl groups excluding tert-OH is 2. The van der Waals surface area contributed by atoms with Crippen LogP contribution in [0.5, 0.6) is 0 Å². The molecule has 0 aliphatic carbocycles. The number of hydrogen-bond acceptors (Lipinski definition) is 6. The lowest BCUT2D eigenvalue weighted by Crippen LogP contribution is -2.46. The van der Waals surface area contributed by atoms with E-state index in [-0.39, 0.29) is 6.42 Å². The lowest BCUT2D eigenvalue weighted by atomic mass is 10.0. The van der Waals surface area contributed by atoms with Crippen molar-refractivity contribution in [1.29, 1.82) is 0 Å². The molecule has 2 N–H and O–H groups in total. The zero-order chi connectivity index (χ0) is 23.5. The van der Waals surface area contributed by atoms with Crippen molar-refractivity contribution < 1.29 is 29.3 Å². The Labute approximate surface area is 189 Å². The fraction of sp³-hybridized carbons (Fsp3) is 0.880. The molecule has 0 aliphatic rings. The van der Waals surface area contributed by atoms with Crippen LogP contribution in [0, 0.1) is 0 Å². The molecule has 6 heteroatoms. The minimum Gasteiger partial charge on any atom is -0.451 e. The second-order valence-electron chi connectivity index (χ2n) is 8.77. The highest BCUT2D eigenvalue weighted by Gasteiger charge is 2.35. The minimum absolute atomic E-state index is 0.158.